The third-order valence-corrected chi connectivity index (χ3v) is 4.79. The van der Waals surface area contributed by atoms with E-state index in [4.69, 9.17) is 0 Å². The van der Waals surface area contributed by atoms with Crippen LogP contribution in [0.1, 0.15) is 12.1 Å². The van der Waals surface area contributed by atoms with Crippen molar-refractivity contribution in [1.82, 2.24) is 15.5 Å². The van der Waals surface area contributed by atoms with E-state index >= 15 is 0 Å². The lowest BCUT2D eigenvalue weighted by Crippen LogP contribution is -2.40. The van der Waals surface area contributed by atoms with Crippen molar-refractivity contribution in [1.29, 1.82) is 0 Å². The first kappa shape index (κ1) is 13.7. The second-order valence-electron chi connectivity index (χ2n) is 5.27. The van der Waals surface area contributed by atoms with Crippen LogP contribution in [0.5, 0.6) is 0 Å². The minimum atomic E-state index is -0.535. The fourth-order valence-electron chi connectivity index (χ4n) is 2.37. The fourth-order valence-corrected chi connectivity index (χ4v) is 3.67. The van der Waals surface area contributed by atoms with Gasteiger partial charge in [0.15, 0.2) is 0 Å². The highest BCUT2D eigenvalue weighted by molar-refractivity contribution is 7.99. The number of rotatable bonds is 5. The molecule has 3 rings (SSSR count). The highest BCUT2D eigenvalue weighted by Crippen LogP contribution is 2.27. The molecule has 0 spiro atoms. The van der Waals surface area contributed by atoms with Gasteiger partial charge in [-0.1, -0.05) is 30.3 Å². The first-order valence-electron chi connectivity index (χ1n) is 6.86. The topological polar surface area (TPSA) is 60.9 Å². The number of hydrogen-bond acceptors (Lipinski definition) is 4. The minimum Gasteiger partial charge on any atom is -0.388 e. The molecular weight excluding hydrogens is 270 g/mol. The predicted molar refractivity (Wildman–Crippen MR) is 82.6 cm³/mol. The van der Waals surface area contributed by atoms with Crippen LogP contribution in [0, 0.1) is 0 Å². The first-order valence-corrected chi connectivity index (χ1v) is 8.01. The third kappa shape index (κ3) is 3.23. The van der Waals surface area contributed by atoms with Gasteiger partial charge in [-0.2, -0.15) is 16.9 Å². The van der Waals surface area contributed by atoms with Gasteiger partial charge in [0, 0.05) is 30.1 Å². The summed E-state index contributed by atoms with van der Waals surface area (Å²) in [4.78, 5) is 0. The van der Waals surface area contributed by atoms with E-state index in [-0.39, 0.29) is 0 Å². The Morgan fingerprint density at radius 1 is 1.35 bits per heavy atom. The lowest BCUT2D eigenvalue weighted by atomic mass is 10.0. The van der Waals surface area contributed by atoms with Crippen molar-refractivity contribution < 1.29 is 5.11 Å². The Kier molecular flexibility index (Phi) is 4.10. The molecule has 2 aromatic rings. The van der Waals surface area contributed by atoms with E-state index in [9.17, 15) is 5.11 Å². The van der Waals surface area contributed by atoms with Crippen LogP contribution in [0.4, 0.5) is 0 Å². The SMILES string of the molecule is OC1(CNCc2cc(-c3ccccc3)n[nH]2)CCSC1. The first-order chi connectivity index (χ1) is 9.75. The molecule has 2 heterocycles. The average Bonchev–Trinajstić information content (AvgIpc) is 3.10. The lowest BCUT2D eigenvalue weighted by molar-refractivity contribution is 0.0674. The Morgan fingerprint density at radius 3 is 2.95 bits per heavy atom. The van der Waals surface area contributed by atoms with Gasteiger partial charge in [0.2, 0.25) is 0 Å². The largest absolute Gasteiger partial charge is 0.388 e. The molecule has 106 valence electrons. The van der Waals surface area contributed by atoms with Crippen LogP contribution in [-0.2, 0) is 6.54 Å². The second kappa shape index (κ2) is 5.99. The molecule has 1 aliphatic rings. The molecule has 1 aromatic carbocycles. The van der Waals surface area contributed by atoms with Crippen LogP contribution in [0.3, 0.4) is 0 Å². The summed E-state index contributed by atoms with van der Waals surface area (Å²) in [5.41, 5.74) is 2.57. The second-order valence-corrected chi connectivity index (χ2v) is 6.38. The van der Waals surface area contributed by atoms with E-state index in [0.717, 1.165) is 34.9 Å². The monoisotopic (exact) mass is 289 g/mol. The van der Waals surface area contributed by atoms with Crippen LogP contribution in [0.2, 0.25) is 0 Å². The summed E-state index contributed by atoms with van der Waals surface area (Å²) >= 11 is 1.82. The van der Waals surface area contributed by atoms with Crippen molar-refractivity contribution in [2.75, 3.05) is 18.1 Å². The van der Waals surface area contributed by atoms with E-state index in [0.29, 0.717) is 13.1 Å². The molecule has 1 atom stereocenters. The highest BCUT2D eigenvalue weighted by Gasteiger charge is 2.30. The third-order valence-electron chi connectivity index (χ3n) is 3.55. The molecule has 0 radical (unpaired) electrons. The maximum absolute atomic E-state index is 10.2. The molecule has 20 heavy (non-hydrogen) atoms. The molecule has 1 aromatic heterocycles. The Morgan fingerprint density at radius 2 is 2.20 bits per heavy atom. The maximum Gasteiger partial charge on any atom is 0.0924 e. The molecule has 0 aliphatic carbocycles. The summed E-state index contributed by atoms with van der Waals surface area (Å²) < 4.78 is 0. The summed E-state index contributed by atoms with van der Waals surface area (Å²) in [6.07, 6.45) is 0.878. The molecule has 0 amide bonds. The Balaban J connectivity index is 1.55. The minimum absolute atomic E-state index is 0.535. The molecule has 0 saturated carbocycles. The van der Waals surface area contributed by atoms with Gasteiger partial charge in [-0.25, -0.2) is 0 Å². The van der Waals surface area contributed by atoms with Gasteiger partial charge in [0.1, 0.15) is 0 Å². The molecule has 0 bridgehead atoms. The number of hydrogen-bond donors (Lipinski definition) is 3. The number of thioether (sulfide) groups is 1. The van der Waals surface area contributed by atoms with Crippen LogP contribution in [-0.4, -0.2) is 39.0 Å². The summed E-state index contributed by atoms with van der Waals surface area (Å²) in [6, 6.07) is 12.2. The summed E-state index contributed by atoms with van der Waals surface area (Å²) in [6.45, 7) is 1.34. The normalized spacial score (nSPS) is 22.2. The van der Waals surface area contributed by atoms with E-state index in [1.807, 2.05) is 42.1 Å². The molecule has 4 nitrogen and oxygen atoms in total. The van der Waals surface area contributed by atoms with Gasteiger partial charge in [-0.3, -0.25) is 5.10 Å². The van der Waals surface area contributed by atoms with Gasteiger partial charge < -0.3 is 10.4 Å². The summed E-state index contributed by atoms with van der Waals surface area (Å²) in [5, 5.41) is 20.9. The van der Waals surface area contributed by atoms with Crippen LogP contribution in [0.25, 0.3) is 11.3 Å². The standard InChI is InChI=1S/C15H19N3OS/c19-15(6-7-20-11-15)10-16-9-13-8-14(18-17-13)12-4-2-1-3-5-12/h1-5,8,16,19H,6-7,9-11H2,(H,17,18). The number of nitrogens with zero attached hydrogens (tertiary/aromatic N) is 1. The molecule has 1 fully saturated rings. The van der Waals surface area contributed by atoms with E-state index in [1.54, 1.807) is 0 Å². The lowest BCUT2D eigenvalue weighted by Gasteiger charge is -2.21. The number of aliphatic hydroxyl groups is 1. The van der Waals surface area contributed by atoms with Crippen LogP contribution >= 0.6 is 11.8 Å². The molecule has 1 aliphatic heterocycles. The zero-order valence-electron chi connectivity index (χ0n) is 11.3. The number of benzene rings is 1. The molecule has 1 saturated heterocycles. The van der Waals surface area contributed by atoms with E-state index in [2.05, 4.69) is 21.6 Å². The zero-order valence-corrected chi connectivity index (χ0v) is 12.1. The van der Waals surface area contributed by atoms with Gasteiger partial charge in [0.05, 0.1) is 11.3 Å². The molecule has 5 heteroatoms. The van der Waals surface area contributed by atoms with Crippen molar-refractivity contribution in [2.45, 2.75) is 18.6 Å². The number of aromatic amines is 1. The average molecular weight is 289 g/mol. The number of H-pyrrole nitrogens is 1. The van der Waals surface area contributed by atoms with Crippen LogP contribution in [0.15, 0.2) is 36.4 Å². The van der Waals surface area contributed by atoms with Crippen molar-refractivity contribution in [3.8, 4) is 11.3 Å². The van der Waals surface area contributed by atoms with Gasteiger partial charge >= 0.3 is 0 Å². The fraction of sp³-hybridized carbons (Fsp3) is 0.400. The molecule has 3 N–H and O–H groups in total. The Labute approximate surface area is 123 Å². The quantitative estimate of drug-likeness (QED) is 0.788. The smallest absolute Gasteiger partial charge is 0.0924 e. The summed E-state index contributed by atoms with van der Waals surface area (Å²) in [5.74, 6) is 1.89. The number of aromatic nitrogens is 2. The van der Waals surface area contributed by atoms with Gasteiger partial charge in [-0.15, -0.1) is 0 Å². The van der Waals surface area contributed by atoms with Crippen molar-refractivity contribution >= 4 is 11.8 Å². The highest BCUT2D eigenvalue weighted by atomic mass is 32.2. The van der Waals surface area contributed by atoms with Crippen LogP contribution < -0.4 is 5.32 Å². The van der Waals surface area contributed by atoms with Crippen molar-refractivity contribution in [3.05, 3.63) is 42.1 Å². The van der Waals surface area contributed by atoms with Crippen molar-refractivity contribution in [2.24, 2.45) is 0 Å². The van der Waals surface area contributed by atoms with E-state index < -0.39 is 5.60 Å². The maximum atomic E-state index is 10.2. The Hall–Kier alpha value is -1.30. The number of nitrogens with one attached hydrogen (secondary N) is 2. The molecule has 1 unspecified atom stereocenters. The van der Waals surface area contributed by atoms with Gasteiger partial charge in [0.25, 0.3) is 0 Å². The van der Waals surface area contributed by atoms with Gasteiger partial charge in [-0.05, 0) is 18.2 Å². The zero-order chi connectivity index (χ0) is 13.8. The predicted octanol–water partition coefficient (Wildman–Crippen LogP) is 2.03. The summed E-state index contributed by atoms with van der Waals surface area (Å²) in [7, 11) is 0. The molecular formula is C15H19N3OS. The van der Waals surface area contributed by atoms with Crippen molar-refractivity contribution in [3.63, 3.8) is 0 Å². The van der Waals surface area contributed by atoms with E-state index in [1.165, 1.54) is 0 Å². The Bertz CT molecular complexity index is 549.